The zero-order valence-electron chi connectivity index (χ0n) is 8.95. The van der Waals surface area contributed by atoms with Crippen molar-refractivity contribution < 1.29 is 5.11 Å². The first-order valence-corrected chi connectivity index (χ1v) is 5.19. The van der Waals surface area contributed by atoms with Crippen LogP contribution >= 0.6 is 0 Å². The first-order valence-electron chi connectivity index (χ1n) is 5.19. The molecular weight excluding hydrogens is 164 g/mol. The summed E-state index contributed by atoms with van der Waals surface area (Å²) in [5.41, 5.74) is 0. The molecule has 1 heterocycles. The third kappa shape index (κ3) is 3.25. The van der Waals surface area contributed by atoms with Crippen molar-refractivity contribution in [1.29, 1.82) is 0 Å². The van der Waals surface area contributed by atoms with Gasteiger partial charge in [0.2, 0.25) is 0 Å². The smallest absolute Gasteiger partial charge is 0.0471 e. The summed E-state index contributed by atoms with van der Waals surface area (Å²) < 4.78 is 0. The Labute approximate surface area is 81.1 Å². The molecule has 13 heavy (non-hydrogen) atoms. The largest absolute Gasteiger partial charge is 0.396 e. The minimum Gasteiger partial charge on any atom is -0.396 e. The summed E-state index contributed by atoms with van der Waals surface area (Å²) in [6, 6.07) is 1.04. The Bertz CT molecular complexity index is 152. The summed E-state index contributed by atoms with van der Waals surface area (Å²) in [5, 5.41) is 12.5. The summed E-state index contributed by atoms with van der Waals surface area (Å²) in [5.74, 6) is 0.353. The number of aliphatic hydroxyl groups excluding tert-OH is 1. The molecule has 1 aliphatic heterocycles. The van der Waals surface area contributed by atoms with E-state index in [-0.39, 0.29) is 6.61 Å². The lowest BCUT2D eigenvalue weighted by Gasteiger charge is -2.23. The Morgan fingerprint density at radius 3 is 2.69 bits per heavy atom. The van der Waals surface area contributed by atoms with Gasteiger partial charge in [0.25, 0.3) is 0 Å². The Morgan fingerprint density at radius 1 is 1.54 bits per heavy atom. The van der Waals surface area contributed by atoms with Gasteiger partial charge in [-0.15, -0.1) is 0 Å². The van der Waals surface area contributed by atoms with Crippen LogP contribution in [0.3, 0.4) is 0 Å². The van der Waals surface area contributed by atoms with Crippen molar-refractivity contribution in [1.82, 2.24) is 10.2 Å². The van der Waals surface area contributed by atoms with Crippen molar-refractivity contribution in [3.8, 4) is 0 Å². The highest BCUT2D eigenvalue weighted by atomic mass is 16.3. The number of likely N-dealkylation sites (tertiary alicyclic amines) is 1. The van der Waals surface area contributed by atoms with E-state index in [9.17, 15) is 0 Å². The zero-order valence-corrected chi connectivity index (χ0v) is 8.95. The molecule has 0 radical (unpaired) electrons. The van der Waals surface area contributed by atoms with Gasteiger partial charge in [0.15, 0.2) is 0 Å². The molecule has 2 N–H and O–H groups in total. The predicted molar refractivity (Wildman–Crippen MR) is 54.7 cm³/mol. The Balaban J connectivity index is 2.24. The zero-order chi connectivity index (χ0) is 9.84. The van der Waals surface area contributed by atoms with Gasteiger partial charge < -0.3 is 15.3 Å². The molecule has 78 valence electrons. The van der Waals surface area contributed by atoms with Gasteiger partial charge in [0, 0.05) is 25.2 Å². The van der Waals surface area contributed by atoms with Crippen LogP contribution in [0.4, 0.5) is 0 Å². The standard InChI is InChI=1S/C10H22N2O/c1-8(7-13)9(2)11-10-4-5-12(3)6-10/h8-11,13H,4-7H2,1-3H3. The molecule has 1 aliphatic rings. The fourth-order valence-electron chi connectivity index (χ4n) is 1.77. The average molecular weight is 186 g/mol. The third-order valence-electron chi connectivity index (χ3n) is 3.03. The Hall–Kier alpha value is -0.120. The van der Waals surface area contributed by atoms with E-state index < -0.39 is 0 Å². The van der Waals surface area contributed by atoms with Crippen molar-refractivity contribution in [2.75, 3.05) is 26.7 Å². The summed E-state index contributed by atoms with van der Waals surface area (Å²) in [7, 11) is 2.15. The van der Waals surface area contributed by atoms with Crippen LogP contribution in [0.25, 0.3) is 0 Å². The quantitative estimate of drug-likeness (QED) is 0.663. The molecule has 1 fully saturated rings. The average Bonchev–Trinajstić information content (AvgIpc) is 2.49. The van der Waals surface area contributed by atoms with Crippen molar-refractivity contribution in [2.45, 2.75) is 32.4 Å². The van der Waals surface area contributed by atoms with Crippen LogP contribution in [0.2, 0.25) is 0 Å². The van der Waals surface area contributed by atoms with Crippen LogP contribution in [0.1, 0.15) is 20.3 Å². The number of nitrogens with one attached hydrogen (secondary N) is 1. The number of nitrogens with zero attached hydrogens (tertiary/aromatic N) is 1. The maximum Gasteiger partial charge on any atom is 0.0471 e. The number of aliphatic hydroxyl groups is 1. The molecular formula is C10H22N2O. The lowest BCUT2D eigenvalue weighted by molar-refractivity contribution is 0.201. The van der Waals surface area contributed by atoms with E-state index in [4.69, 9.17) is 5.11 Å². The van der Waals surface area contributed by atoms with Gasteiger partial charge in [-0.1, -0.05) is 6.92 Å². The highest BCUT2D eigenvalue weighted by molar-refractivity contribution is 4.82. The molecule has 0 aromatic carbocycles. The van der Waals surface area contributed by atoms with Gasteiger partial charge in [0.05, 0.1) is 0 Å². The second kappa shape index (κ2) is 4.94. The molecule has 3 atom stereocenters. The van der Waals surface area contributed by atoms with E-state index >= 15 is 0 Å². The Kier molecular flexibility index (Phi) is 4.16. The topological polar surface area (TPSA) is 35.5 Å². The van der Waals surface area contributed by atoms with Gasteiger partial charge in [-0.3, -0.25) is 0 Å². The van der Waals surface area contributed by atoms with E-state index in [0.29, 0.717) is 18.0 Å². The van der Waals surface area contributed by atoms with Crippen molar-refractivity contribution in [3.63, 3.8) is 0 Å². The summed E-state index contributed by atoms with van der Waals surface area (Å²) in [4.78, 5) is 2.34. The maximum atomic E-state index is 8.98. The van der Waals surface area contributed by atoms with Crippen molar-refractivity contribution >= 4 is 0 Å². The predicted octanol–water partition coefficient (Wildman–Crippen LogP) is 0.297. The molecule has 0 bridgehead atoms. The minimum atomic E-state index is 0.275. The lowest BCUT2D eigenvalue weighted by Crippen LogP contribution is -2.42. The highest BCUT2D eigenvalue weighted by Gasteiger charge is 2.22. The normalized spacial score (nSPS) is 29.1. The van der Waals surface area contributed by atoms with Crippen molar-refractivity contribution in [2.24, 2.45) is 5.92 Å². The van der Waals surface area contributed by atoms with Gasteiger partial charge in [-0.2, -0.15) is 0 Å². The van der Waals surface area contributed by atoms with Gasteiger partial charge in [0.1, 0.15) is 0 Å². The van der Waals surface area contributed by atoms with E-state index in [1.807, 2.05) is 0 Å². The van der Waals surface area contributed by atoms with E-state index in [2.05, 4.69) is 31.1 Å². The van der Waals surface area contributed by atoms with Gasteiger partial charge >= 0.3 is 0 Å². The van der Waals surface area contributed by atoms with E-state index in [1.54, 1.807) is 0 Å². The molecule has 3 unspecified atom stereocenters. The number of rotatable bonds is 4. The summed E-state index contributed by atoms with van der Waals surface area (Å²) >= 11 is 0. The first kappa shape index (κ1) is 11.0. The molecule has 0 saturated carbocycles. The number of hydrogen-bond acceptors (Lipinski definition) is 3. The highest BCUT2D eigenvalue weighted by Crippen LogP contribution is 2.09. The lowest BCUT2D eigenvalue weighted by atomic mass is 10.0. The van der Waals surface area contributed by atoms with Crippen LogP contribution < -0.4 is 5.32 Å². The fourth-order valence-corrected chi connectivity index (χ4v) is 1.77. The summed E-state index contributed by atoms with van der Waals surface area (Å²) in [6.07, 6.45) is 1.24. The van der Waals surface area contributed by atoms with Crippen molar-refractivity contribution in [3.05, 3.63) is 0 Å². The first-order chi connectivity index (χ1) is 6.13. The number of likely N-dealkylation sites (N-methyl/N-ethyl adjacent to an activating group) is 1. The Morgan fingerprint density at radius 2 is 2.23 bits per heavy atom. The van der Waals surface area contributed by atoms with Crippen LogP contribution in [0.5, 0.6) is 0 Å². The molecule has 0 aliphatic carbocycles. The second-order valence-corrected chi connectivity index (χ2v) is 4.36. The second-order valence-electron chi connectivity index (χ2n) is 4.36. The molecule has 0 spiro atoms. The van der Waals surface area contributed by atoms with Gasteiger partial charge in [-0.25, -0.2) is 0 Å². The summed E-state index contributed by atoms with van der Waals surface area (Å²) in [6.45, 7) is 6.84. The maximum absolute atomic E-state index is 8.98. The minimum absolute atomic E-state index is 0.275. The third-order valence-corrected chi connectivity index (χ3v) is 3.03. The molecule has 3 heteroatoms. The monoisotopic (exact) mass is 186 g/mol. The molecule has 0 aromatic rings. The van der Waals surface area contributed by atoms with Gasteiger partial charge in [-0.05, 0) is 32.9 Å². The van der Waals surface area contributed by atoms with Crippen LogP contribution in [-0.4, -0.2) is 48.8 Å². The van der Waals surface area contributed by atoms with Crippen LogP contribution in [0, 0.1) is 5.92 Å². The molecule has 0 amide bonds. The molecule has 3 nitrogen and oxygen atoms in total. The molecule has 0 aromatic heterocycles. The van der Waals surface area contributed by atoms with Crippen LogP contribution in [0.15, 0.2) is 0 Å². The number of hydrogen-bond donors (Lipinski definition) is 2. The van der Waals surface area contributed by atoms with E-state index in [1.165, 1.54) is 13.0 Å². The molecule has 1 saturated heterocycles. The SMILES string of the molecule is CC(CO)C(C)NC1CCN(C)C1. The fraction of sp³-hybridized carbons (Fsp3) is 1.00. The van der Waals surface area contributed by atoms with Crippen LogP contribution in [-0.2, 0) is 0 Å². The van der Waals surface area contributed by atoms with E-state index in [0.717, 1.165) is 6.54 Å². The molecule has 1 rings (SSSR count).